The lowest BCUT2D eigenvalue weighted by molar-refractivity contribution is -0.136. The number of anilines is 2. The molecule has 3 amide bonds. The summed E-state index contributed by atoms with van der Waals surface area (Å²) >= 11 is 21.3. The zero-order valence-corrected chi connectivity index (χ0v) is 21.5. The normalized spacial score (nSPS) is 10.6. The molecule has 0 atom stereocenters. The largest absolute Gasteiger partial charge is 0.483 e. The number of ether oxygens (including phenoxy) is 1. The third kappa shape index (κ3) is 7.69. The predicted octanol–water partition coefficient (Wildman–Crippen LogP) is 5.52. The maximum Gasteiger partial charge on any atom is 0.329 e. The van der Waals surface area contributed by atoms with Gasteiger partial charge in [-0.25, -0.2) is 5.43 Å². The molecule has 0 fully saturated rings. The van der Waals surface area contributed by atoms with Crippen molar-refractivity contribution in [3.05, 3.63) is 85.8 Å². The number of rotatable bonds is 7. The van der Waals surface area contributed by atoms with Gasteiger partial charge in [0.25, 0.3) is 5.91 Å². The monoisotopic (exact) mass is 596 g/mol. The van der Waals surface area contributed by atoms with Crippen LogP contribution in [0.1, 0.15) is 5.56 Å². The zero-order chi connectivity index (χ0) is 25.4. The van der Waals surface area contributed by atoms with Crippen LogP contribution in [0.15, 0.2) is 70.2 Å². The predicted molar refractivity (Wildman–Crippen MR) is 141 cm³/mol. The van der Waals surface area contributed by atoms with Crippen LogP contribution in [0.25, 0.3) is 0 Å². The Bertz CT molecular complexity index is 1300. The number of carbonyl (C=O) groups excluding carboxylic acids is 3. The Hall–Kier alpha value is -3.11. The molecule has 0 aromatic heterocycles. The van der Waals surface area contributed by atoms with Crippen molar-refractivity contribution in [1.82, 2.24) is 5.43 Å². The molecule has 3 N–H and O–H groups in total. The molecule has 0 aliphatic carbocycles. The first-order chi connectivity index (χ1) is 16.7. The summed E-state index contributed by atoms with van der Waals surface area (Å²) in [7, 11) is 0. The lowest BCUT2D eigenvalue weighted by Gasteiger charge is -2.11. The molecule has 0 aliphatic rings. The van der Waals surface area contributed by atoms with E-state index in [1.807, 2.05) is 0 Å². The molecular weight excluding hydrogens is 583 g/mol. The SMILES string of the molecule is O=C(COc1ccc(Br)cc1/C=N\NC(=O)C(=O)Nc1cccc(Cl)c1Cl)Nc1ccccc1Cl. The number of benzene rings is 3. The van der Waals surface area contributed by atoms with Gasteiger partial charge in [-0.1, -0.05) is 68.9 Å². The topological polar surface area (TPSA) is 109 Å². The highest BCUT2D eigenvalue weighted by Gasteiger charge is 2.15. The minimum atomic E-state index is -1.03. The molecule has 3 rings (SSSR count). The van der Waals surface area contributed by atoms with Crippen molar-refractivity contribution in [3.63, 3.8) is 0 Å². The van der Waals surface area contributed by atoms with Crippen molar-refractivity contribution >= 4 is 86.0 Å². The first-order valence-corrected chi connectivity index (χ1v) is 11.7. The summed E-state index contributed by atoms with van der Waals surface area (Å²) in [5.74, 6) is -2.13. The molecule has 3 aromatic rings. The smallest absolute Gasteiger partial charge is 0.329 e. The van der Waals surface area contributed by atoms with Gasteiger partial charge in [-0.15, -0.1) is 0 Å². The summed E-state index contributed by atoms with van der Waals surface area (Å²) in [6.07, 6.45) is 1.27. The van der Waals surface area contributed by atoms with Gasteiger partial charge < -0.3 is 15.4 Å². The van der Waals surface area contributed by atoms with Gasteiger partial charge in [0.05, 0.1) is 32.7 Å². The van der Waals surface area contributed by atoms with E-state index in [1.54, 1.807) is 54.6 Å². The number of para-hydroxylation sites is 1. The van der Waals surface area contributed by atoms with Gasteiger partial charge in [-0.3, -0.25) is 14.4 Å². The molecule has 12 heteroatoms. The summed E-state index contributed by atoms with van der Waals surface area (Å²) in [5, 5.41) is 9.52. The Morgan fingerprint density at radius 1 is 0.886 bits per heavy atom. The molecule has 0 saturated heterocycles. The average Bonchev–Trinajstić information content (AvgIpc) is 2.83. The maximum absolute atomic E-state index is 12.2. The van der Waals surface area contributed by atoms with Crippen molar-refractivity contribution in [1.29, 1.82) is 0 Å². The van der Waals surface area contributed by atoms with E-state index in [-0.39, 0.29) is 22.3 Å². The van der Waals surface area contributed by atoms with Crippen molar-refractivity contribution in [3.8, 4) is 5.75 Å². The quantitative estimate of drug-likeness (QED) is 0.189. The fourth-order valence-corrected chi connectivity index (χ4v) is 3.54. The van der Waals surface area contributed by atoms with Gasteiger partial charge in [-0.2, -0.15) is 5.10 Å². The van der Waals surface area contributed by atoms with Crippen LogP contribution >= 0.6 is 50.7 Å². The Labute approximate surface area is 223 Å². The third-order valence-electron chi connectivity index (χ3n) is 4.25. The Morgan fingerprint density at radius 2 is 1.60 bits per heavy atom. The number of halogens is 4. The van der Waals surface area contributed by atoms with E-state index in [0.29, 0.717) is 26.5 Å². The second-order valence-electron chi connectivity index (χ2n) is 6.75. The van der Waals surface area contributed by atoms with Crippen LogP contribution in [0.4, 0.5) is 11.4 Å². The molecule has 35 heavy (non-hydrogen) atoms. The van der Waals surface area contributed by atoms with Crippen LogP contribution in [0.5, 0.6) is 5.75 Å². The Morgan fingerprint density at radius 3 is 2.37 bits per heavy atom. The number of hydrogen-bond acceptors (Lipinski definition) is 5. The van der Waals surface area contributed by atoms with Crippen LogP contribution < -0.4 is 20.8 Å². The molecule has 0 bridgehead atoms. The molecule has 3 aromatic carbocycles. The minimum Gasteiger partial charge on any atom is -0.483 e. The van der Waals surface area contributed by atoms with Crippen molar-refractivity contribution in [2.75, 3.05) is 17.2 Å². The van der Waals surface area contributed by atoms with E-state index in [0.717, 1.165) is 0 Å². The molecule has 0 aliphatic heterocycles. The fourth-order valence-electron chi connectivity index (χ4n) is 2.63. The average molecular weight is 599 g/mol. The van der Waals surface area contributed by atoms with Crippen molar-refractivity contribution in [2.45, 2.75) is 0 Å². The van der Waals surface area contributed by atoms with Crippen LogP contribution in [-0.4, -0.2) is 30.5 Å². The number of hydrazone groups is 1. The maximum atomic E-state index is 12.2. The summed E-state index contributed by atoms with van der Waals surface area (Å²) in [6.45, 7) is -0.303. The van der Waals surface area contributed by atoms with E-state index in [9.17, 15) is 14.4 Å². The fraction of sp³-hybridized carbons (Fsp3) is 0.0435. The molecule has 180 valence electrons. The molecule has 0 heterocycles. The van der Waals surface area contributed by atoms with E-state index >= 15 is 0 Å². The summed E-state index contributed by atoms with van der Waals surface area (Å²) in [6, 6.07) is 16.4. The molecule has 0 spiro atoms. The second kappa shape index (κ2) is 12.6. The second-order valence-corrected chi connectivity index (χ2v) is 8.86. The van der Waals surface area contributed by atoms with E-state index < -0.39 is 17.7 Å². The third-order valence-corrected chi connectivity index (χ3v) is 5.90. The first kappa shape index (κ1) is 26.5. The Kier molecular flexibility index (Phi) is 9.50. The van der Waals surface area contributed by atoms with Crippen LogP contribution in [0, 0.1) is 0 Å². The summed E-state index contributed by atoms with van der Waals surface area (Å²) < 4.78 is 6.29. The number of carbonyl (C=O) groups is 3. The lowest BCUT2D eigenvalue weighted by atomic mass is 10.2. The summed E-state index contributed by atoms with van der Waals surface area (Å²) in [4.78, 5) is 36.4. The van der Waals surface area contributed by atoms with Crippen molar-refractivity contribution in [2.24, 2.45) is 5.10 Å². The highest BCUT2D eigenvalue weighted by atomic mass is 79.9. The molecule has 0 saturated carbocycles. The zero-order valence-electron chi connectivity index (χ0n) is 17.7. The van der Waals surface area contributed by atoms with Gasteiger partial charge in [0.2, 0.25) is 0 Å². The molecular formula is C23H16BrCl3N4O4. The molecule has 0 unspecified atom stereocenters. The number of hydrogen-bond donors (Lipinski definition) is 3. The highest BCUT2D eigenvalue weighted by Crippen LogP contribution is 2.29. The molecule has 8 nitrogen and oxygen atoms in total. The number of nitrogens with one attached hydrogen (secondary N) is 3. The molecule has 0 radical (unpaired) electrons. The van der Waals surface area contributed by atoms with Crippen molar-refractivity contribution < 1.29 is 19.1 Å². The minimum absolute atomic E-state index is 0.105. The number of amides is 3. The first-order valence-electron chi connectivity index (χ1n) is 9.79. The highest BCUT2D eigenvalue weighted by molar-refractivity contribution is 9.10. The standard InChI is InChI=1S/C23H16BrCl3N4O4/c24-14-8-9-19(35-12-20(32)29-17-6-2-1-4-15(17)25)13(10-14)11-28-31-23(34)22(33)30-18-7-3-5-16(26)21(18)27/h1-11H,12H2,(H,29,32)(H,30,33)(H,31,34)/b28-11-. The van der Waals surface area contributed by atoms with Crippen LogP contribution in [0.2, 0.25) is 15.1 Å². The van der Waals surface area contributed by atoms with E-state index in [4.69, 9.17) is 39.5 Å². The van der Waals surface area contributed by atoms with E-state index in [2.05, 4.69) is 37.1 Å². The van der Waals surface area contributed by atoms with Crippen LogP contribution in [0.3, 0.4) is 0 Å². The van der Waals surface area contributed by atoms with Gasteiger partial charge >= 0.3 is 11.8 Å². The van der Waals surface area contributed by atoms with Gasteiger partial charge in [0.1, 0.15) is 5.75 Å². The van der Waals surface area contributed by atoms with Gasteiger partial charge in [0.15, 0.2) is 6.61 Å². The van der Waals surface area contributed by atoms with Gasteiger partial charge in [-0.05, 0) is 42.5 Å². The lowest BCUT2D eigenvalue weighted by Crippen LogP contribution is -2.32. The van der Waals surface area contributed by atoms with Crippen LogP contribution in [-0.2, 0) is 14.4 Å². The summed E-state index contributed by atoms with van der Waals surface area (Å²) in [5.41, 5.74) is 3.19. The van der Waals surface area contributed by atoms with E-state index in [1.165, 1.54) is 12.3 Å². The van der Waals surface area contributed by atoms with Gasteiger partial charge in [0, 0.05) is 10.0 Å². The number of nitrogens with zero attached hydrogens (tertiary/aromatic N) is 1. The Balaban J connectivity index is 1.60.